The Labute approximate surface area is 293 Å². The van der Waals surface area contributed by atoms with E-state index in [0.29, 0.717) is 0 Å². The van der Waals surface area contributed by atoms with Crippen molar-refractivity contribution in [2.75, 3.05) is 7.05 Å². The molecular weight excluding hydrogens is 623 g/mol. The van der Waals surface area contributed by atoms with Gasteiger partial charge in [-0.3, -0.25) is 4.40 Å². The molecule has 0 N–H and O–H groups in total. The molecular formula is C46H29N5. The number of imidazole rings is 1. The molecule has 0 aliphatic carbocycles. The average Bonchev–Trinajstić information content (AvgIpc) is 3.60. The van der Waals surface area contributed by atoms with Crippen LogP contribution in [0, 0.1) is 0 Å². The minimum atomic E-state index is 0.877. The van der Waals surface area contributed by atoms with Crippen LogP contribution in [0.2, 0.25) is 0 Å². The summed E-state index contributed by atoms with van der Waals surface area (Å²) in [5, 5.41) is 8.41. The maximum atomic E-state index is 5.42. The van der Waals surface area contributed by atoms with Crippen molar-refractivity contribution in [2.24, 2.45) is 4.99 Å². The van der Waals surface area contributed by atoms with E-state index in [1.54, 1.807) is 0 Å². The van der Waals surface area contributed by atoms with Crippen molar-refractivity contribution in [1.29, 1.82) is 0 Å². The lowest BCUT2D eigenvalue weighted by molar-refractivity contribution is 0.713. The third-order valence-corrected chi connectivity index (χ3v) is 10.6. The van der Waals surface area contributed by atoms with Crippen LogP contribution in [-0.2, 0) is 0 Å². The van der Waals surface area contributed by atoms with Crippen molar-refractivity contribution in [2.45, 2.75) is 0 Å². The molecule has 1 aliphatic heterocycles. The number of amidine groups is 1. The molecule has 0 saturated heterocycles. The Morgan fingerprint density at radius 2 is 1.14 bits per heavy atom. The predicted octanol–water partition coefficient (Wildman–Crippen LogP) is 11.3. The number of rotatable bonds is 3. The number of fused-ring (bicyclic) bond motifs is 8. The number of benzene rings is 8. The summed E-state index contributed by atoms with van der Waals surface area (Å²) in [7, 11) is 2.03. The first-order valence-corrected chi connectivity index (χ1v) is 17.2. The van der Waals surface area contributed by atoms with Gasteiger partial charge in [-0.05, 0) is 50.9 Å². The Balaban J connectivity index is 1.07. The van der Waals surface area contributed by atoms with Gasteiger partial charge in [0.25, 0.3) is 0 Å². The lowest BCUT2D eigenvalue weighted by Crippen LogP contribution is -2.28. The molecule has 0 spiro atoms. The second-order valence-corrected chi connectivity index (χ2v) is 13.4. The number of nitrogens with zero attached hydrogens (tertiary/aromatic N) is 5. The first-order valence-electron chi connectivity index (χ1n) is 17.2. The fraction of sp³-hybridized carbons (Fsp3) is 0.0217. The Morgan fingerprint density at radius 3 is 1.90 bits per heavy atom. The fourth-order valence-corrected chi connectivity index (χ4v) is 8.11. The van der Waals surface area contributed by atoms with Crippen molar-refractivity contribution >= 4 is 77.1 Å². The summed E-state index contributed by atoms with van der Waals surface area (Å²) in [6.07, 6.45) is 0. The highest BCUT2D eigenvalue weighted by atomic mass is 15.2. The van der Waals surface area contributed by atoms with Gasteiger partial charge in [0.05, 0.1) is 22.2 Å². The number of aromatic nitrogens is 3. The molecule has 5 heteroatoms. The van der Waals surface area contributed by atoms with Crippen LogP contribution >= 0.6 is 0 Å². The monoisotopic (exact) mass is 651 g/mol. The summed E-state index contributed by atoms with van der Waals surface area (Å²) in [6.45, 7) is 4.33. The zero-order valence-electron chi connectivity index (χ0n) is 27.8. The van der Waals surface area contributed by atoms with E-state index in [2.05, 4.69) is 137 Å². The highest BCUT2D eigenvalue weighted by Crippen LogP contribution is 2.42. The Hall–Kier alpha value is -6.85. The van der Waals surface area contributed by atoms with Crippen LogP contribution in [0.1, 0.15) is 11.1 Å². The molecule has 11 rings (SSSR count). The van der Waals surface area contributed by atoms with E-state index in [1.165, 1.54) is 32.3 Å². The average molecular weight is 652 g/mol. The standard InChI is InChI=1S/C46H29N5/c1-27-34-11-3-5-15-38(34)47-44(50(27)2)32-23-17-28(18-24-32)29-19-25-33(26-20-29)45-48-39-16-6-4-12-35(39)46-49-42-36-13-7-9-30-21-22-31-10-8-14-37(41(31)40(30)36)43(42)51(45)46/h3-26H,1H2,2H3. The topological polar surface area (TPSA) is 45.8 Å². The van der Waals surface area contributed by atoms with Crippen LogP contribution in [0.5, 0.6) is 0 Å². The van der Waals surface area contributed by atoms with E-state index >= 15 is 0 Å². The second kappa shape index (κ2) is 10.3. The fourth-order valence-electron chi connectivity index (χ4n) is 8.11. The van der Waals surface area contributed by atoms with Gasteiger partial charge in [0.15, 0.2) is 0 Å². The molecule has 0 fully saturated rings. The molecule has 0 atom stereocenters. The van der Waals surface area contributed by atoms with E-state index in [1.807, 2.05) is 31.3 Å². The van der Waals surface area contributed by atoms with Gasteiger partial charge in [0.1, 0.15) is 17.3 Å². The van der Waals surface area contributed by atoms with E-state index in [9.17, 15) is 0 Å². The Kier molecular flexibility index (Phi) is 5.68. The number of para-hydroxylation sites is 2. The molecule has 10 aromatic rings. The van der Waals surface area contributed by atoms with Gasteiger partial charge < -0.3 is 4.90 Å². The third-order valence-electron chi connectivity index (χ3n) is 10.6. The van der Waals surface area contributed by atoms with Crippen LogP contribution in [0.25, 0.3) is 88.1 Å². The van der Waals surface area contributed by atoms with Crippen LogP contribution < -0.4 is 0 Å². The van der Waals surface area contributed by atoms with Crippen LogP contribution in [-0.4, -0.2) is 32.2 Å². The molecule has 1 aliphatic rings. The molecule has 5 nitrogen and oxygen atoms in total. The van der Waals surface area contributed by atoms with Crippen LogP contribution in [0.3, 0.4) is 0 Å². The van der Waals surface area contributed by atoms with Crippen LogP contribution in [0.15, 0.2) is 157 Å². The number of hydrogen-bond acceptors (Lipinski definition) is 4. The predicted molar refractivity (Wildman–Crippen MR) is 212 cm³/mol. The molecule has 0 radical (unpaired) electrons. The summed E-state index contributed by atoms with van der Waals surface area (Å²) in [5.74, 6) is 1.77. The van der Waals surface area contributed by atoms with E-state index in [0.717, 1.165) is 78.4 Å². The maximum Gasteiger partial charge on any atom is 0.149 e. The quantitative estimate of drug-likeness (QED) is 0.179. The largest absolute Gasteiger partial charge is 0.329 e. The molecule has 51 heavy (non-hydrogen) atoms. The van der Waals surface area contributed by atoms with Crippen molar-refractivity contribution in [3.63, 3.8) is 0 Å². The first kappa shape index (κ1) is 28.0. The number of hydrogen-bond donors (Lipinski definition) is 0. The van der Waals surface area contributed by atoms with E-state index < -0.39 is 0 Å². The molecule has 8 aromatic carbocycles. The summed E-state index contributed by atoms with van der Waals surface area (Å²) >= 11 is 0. The Bertz CT molecular complexity index is 3100. The molecule has 0 saturated carbocycles. The summed E-state index contributed by atoms with van der Waals surface area (Å²) in [5.41, 5.74) is 11.3. The van der Waals surface area contributed by atoms with Gasteiger partial charge >= 0.3 is 0 Å². The van der Waals surface area contributed by atoms with Crippen molar-refractivity contribution in [1.82, 2.24) is 19.3 Å². The van der Waals surface area contributed by atoms with Gasteiger partial charge in [0.2, 0.25) is 0 Å². The smallest absolute Gasteiger partial charge is 0.149 e. The van der Waals surface area contributed by atoms with Gasteiger partial charge in [-0.1, -0.05) is 134 Å². The molecule has 0 unspecified atom stereocenters. The van der Waals surface area contributed by atoms with E-state index in [4.69, 9.17) is 15.0 Å². The van der Waals surface area contributed by atoms with Crippen LogP contribution in [0.4, 0.5) is 5.69 Å². The van der Waals surface area contributed by atoms with Gasteiger partial charge in [0, 0.05) is 45.6 Å². The molecule has 0 amide bonds. The maximum absolute atomic E-state index is 5.42. The highest BCUT2D eigenvalue weighted by molar-refractivity contribution is 6.33. The van der Waals surface area contributed by atoms with Crippen molar-refractivity contribution in [3.05, 3.63) is 163 Å². The lowest BCUT2D eigenvalue weighted by Gasteiger charge is -2.29. The summed E-state index contributed by atoms with van der Waals surface area (Å²) < 4.78 is 2.29. The second-order valence-electron chi connectivity index (χ2n) is 13.4. The van der Waals surface area contributed by atoms with Crippen molar-refractivity contribution in [3.8, 4) is 22.5 Å². The van der Waals surface area contributed by atoms with E-state index in [-0.39, 0.29) is 0 Å². The molecule has 3 heterocycles. The molecule has 238 valence electrons. The first-order chi connectivity index (χ1) is 25.1. The van der Waals surface area contributed by atoms with Gasteiger partial charge in [-0.15, -0.1) is 0 Å². The van der Waals surface area contributed by atoms with Gasteiger partial charge in [-0.25, -0.2) is 15.0 Å². The lowest BCUT2D eigenvalue weighted by atomic mass is 9.93. The molecule has 0 bridgehead atoms. The minimum absolute atomic E-state index is 0.877. The van der Waals surface area contributed by atoms with Gasteiger partial charge in [-0.2, -0.15) is 0 Å². The normalized spacial score (nSPS) is 13.3. The van der Waals surface area contributed by atoms with Crippen molar-refractivity contribution < 1.29 is 0 Å². The SMILES string of the molecule is C=C1c2ccccc2N=C(c2ccc(-c3ccc(-c4nc5ccccc5c5nc6c7cccc8ccc9cccc(c9c87)c6n45)cc3)cc2)N1C. The Morgan fingerprint density at radius 1 is 0.529 bits per heavy atom. The minimum Gasteiger partial charge on any atom is -0.329 e. The zero-order chi connectivity index (χ0) is 33.8. The molecule has 2 aromatic heterocycles. The third kappa shape index (κ3) is 3.94. The summed E-state index contributed by atoms with van der Waals surface area (Å²) in [6, 6.07) is 51.5. The summed E-state index contributed by atoms with van der Waals surface area (Å²) in [4.78, 5) is 17.8. The highest BCUT2D eigenvalue weighted by Gasteiger charge is 2.23. The zero-order valence-corrected chi connectivity index (χ0v) is 27.8. The number of aliphatic imine (C=N–C) groups is 1.